The number of furan rings is 1. The van der Waals surface area contributed by atoms with Gasteiger partial charge in [-0.05, 0) is 41.5 Å². The number of benzene rings is 2. The smallest absolute Gasteiger partial charge is 0.251 e. The Balaban J connectivity index is 1.84. The first kappa shape index (κ1) is 20.6. The fraction of sp³-hybridized carbons (Fsp3) is 0.136. The highest BCUT2D eigenvalue weighted by Gasteiger charge is 2.21. The van der Waals surface area contributed by atoms with E-state index < -0.39 is 10.0 Å². The van der Waals surface area contributed by atoms with Crippen molar-refractivity contribution in [1.82, 2.24) is 9.62 Å². The van der Waals surface area contributed by atoms with Crippen LogP contribution in [0, 0.1) is 0 Å². The van der Waals surface area contributed by atoms with Gasteiger partial charge in [0, 0.05) is 24.6 Å². The van der Waals surface area contributed by atoms with Crippen LogP contribution in [0.4, 0.5) is 0 Å². The van der Waals surface area contributed by atoms with Crippen LogP contribution in [0.25, 0.3) is 6.08 Å². The SMILES string of the molecule is CNC(=O)c1ccc(CN(Cc2ccco2)S(=O)(=O)C=Cc2ccccc2)cc1. The van der Waals surface area contributed by atoms with E-state index in [2.05, 4.69) is 5.32 Å². The van der Waals surface area contributed by atoms with E-state index in [4.69, 9.17) is 4.42 Å². The zero-order valence-electron chi connectivity index (χ0n) is 16.0. The third kappa shape index (κ3) is 5.66. The molecule has 1 aromatic heterocycles. The van der Waals surface area contributed by atoms with Crippen LogP contribution in [-0.2, 0) is 23.1 Å². The van der Waals surface area contributed by atoms with Crippen LogP contribution >= 0.6 is 0 Å². The van der Waals surface area contributed by atoms with Crippen LogP contribution < -0.4 is 5.32 Å². The molecule has 1 N–H and O–H groups in total. The Kier molecular flexibility index (Phi) is 6.64. The molecule has 0 saturated heterocycles. The number of nitrogens with one attached hydrogen (secondary N) is 1. The van der Waals surface area contributed by atoms with E-state index in [1.165, 1.54) is 16.0 Å². The van der Waals surface area contributed by atoms with Crippen molar-refractivity contribution >= 4 is 22.0 Å². The Hall–Kier alpha value is -3.16. The molecule has 0 aliphatic heterocycles. The maximum absolute atomic E-state index is 13.0. The normalized spacial score (nSPS) is 11.8. The highest BCUT2D eigenvalue weighted by molar-refractivity contribution is 7.92. The minimum atomic E-state index is -3.71. The molecule has 0 spiro atoms. The molecule has 0 unspecified atom stereocenters. The molecule has 150 valence electrons. The van der Waals surface area contributed by atoms with Crippen LogP contribution in [0.3, 0.4) is 0 Å². The Morgan fingerprint density at radius 2 is 1.72 bits per heavy atom. The van der Waals surface area contributed by atoms with Gasteiger partial charge in [0.2, 0.25) is 10.0 Å². The molecule has 7 heteroatoms. The first-order valence-corrected chi connectivity index (χ1v) is 10.5. The van der Waals surface area contributed by atoms with Gasteiger partial charge in [-0.3, -0.25) is 4.79 Å². The zero-order chi connectivity index (χ0) is 20.7. The lowest BCUT2D eigenvalue weighted by molar-refractivity contribution is 0.0963. The minimum absolute atomic E-state index is 0.103. The molecule has 0 atom stereocenters. The summed E-state index contributed by atoms with van der Waals surface area (Å²) in [5.41, 5.74) is 2.07. The molecular formula is C22H22N2O4S. The quantitative estimate of drug-likeness (QED) is 0.615. The average Bonchev–Trinajstić information content (AvgIpc) is 3.26. The van der Waals surface area contributed by atoms with Gasteiger partial charge in [-0.2, -0.15) is 4.31 Å². The van der Waals surface area contributed by atoms with Gasteiger partial charge in [-0.1, -0.05) is 42.5 Å². The van der Waals surface area contributed by atoms with Crippen molar-refractivity contribution in [3.05, 3.63) is 101 Å². The predicted octanol–water partition coefficient (Wildman–Crippen LogP) is 3.64. The topological polar surface area (TPSA) is 79.6 Å². The molecule has 1 amide bonds. The van der Waals surface area contributed by atoms with E-state index in [1.807, 2.05) is 30.3 Å². The molecule has 0 radical (unpaired) electrons. The van der Waals surface area contributed by atoms with Gasteiger partial charge < -0.3 is 9.73 Å². The Labute approximate surface area is 170 Å². The predicted molar refractivity (Wildman–Crippen MR) is 112 cm³/mol. The summed E-state index contributed by atoms with van der Waals surface area (Å²) in [5, 5.41) is 3.76. The summed E-state index contributed by atoms with van der Waals surface area (Å²) in [6.07, 6.45) is 3.08. The van der Waals surface area contributed by atoms with Gasteiger partial charge in [0.15, 0.2) is 0 Å². The van der Waals surface area contributed by atoms with E-state index >= 15 is 0 Å². The number of nitrogens with zero attached hydrogens (tertiary/aromatic N) is 1. The summed E-state index contributed by atoms with van der Waals surface area (Å²) in [7, 11) is -2.15. The maximum Gasteiger partial charge on any atom is 0.251 e. The first-order chi connectivity index (χ1) is 14.0. The van der Waals surface area contributed by atoms with Crippen molar-refractivity contribution in [3.8, 4) is 0 Å². The molecule has 29 heavy (non-hydrogen) atoms. The molecular weight excluding hydrogens is 388 g/mol. The number of amides is 1. The fourth-order valence-electron chi connectivity index (χ4n) is 2.74. The molecule has 0 aliphatic rings. The molecule has 0 saturated carbocycles. The summed E-state index contributed by atoms with van der Waals surface area (Å²) < 4.78 is 32.7. The molecule has 2 aromatic carbocycles. The van der Waals surface area contributed by atoms with Crippen LogP contribution in [0.15, 0.2) is 82.8 Å². The highest BCUT2D eigenvalue weighted by Crippen LogP contribution is 2.17. The maximum atomic E-state index is 13.0. The summed E-state index contributed by atoms with van der Waals surface area (Å²) in [6, 6.07) is 19.5. The first-order valence-electron chi connectivity index (χ1n) is 9.04. The van der Waals surface area contributed by atoms with Crippen molar-refractivity contribution in [2.45, 2.75) is 13.1 Å². The molecule has 0 aliphatic carbocycles. The second-order valence-electron chi connectivity index (χ2n) is 6.38. The summed E-state index contributed by atoms with van der Waals surface area (Å²) >= 11 is 0. The summed E-state index contributed by atoms with van der Waals surface area (Å²) in [6.45, 7) is 0.252. The highest BCUT2D eigenvalue weighted by atomic mass is 32.2. The second-order valence-corrected chi connectivity index (χ2v) is 8.20. The molecule has 3 aromatic rings. The Bertz CT molecular complexity index is 1060. The van der Waals surface area contributed by atoms with Crippen molar-refractivity contribution in [2.75, 3.05) is 7.05 Å². The molecule has 6 nitrogen and oxygen atoms in total. The average molecular weight is 410 g/mol. The lowest BCUT2D eigenvalue weighted by Gasteiger charge is -2.19. The number of hydrogen-bond acceptors (Lipinski definition) is 4. The van der Waals surface area contributed by atoms with Gasteiger partial charge in [0.05, 0.1) is 12.8 Å². The van der Waals surface area contributed by atoms with E-state index in [0.29, 0.717) is 11.3 Å². The molecule has 0 fully saturated rings. The van der Waals surface area contributed by atoms with Crippen LogP contribution in [-0.4, -0.2) is 25.7 Å². The van der Waals surface area contributed by atoms with E-state index in [9.17, 15) is 13.2 Å². The summed E-state index contributed by atoms with van der Waals surface area (Å²) in [5.74, 6) is 0.353. The van der Waals surface area contributed by atoms with Gasteiger partial charge in [0.1, 0.15) is 5.76 Å². The Morgan fingerprint density at radius 1 is 1.00 bits per heavy atom. The van der Waals surface area contributed by atoms with E-state index in [-0.39, 0.29) is 19.0 Å². The lowest BCUT2D eigenvalue weighted by Crippen LogP contribution is -2.28. The van der Waals surface area contributed by atoms with Gasteiger partial charge >= 0.3 is 0 Å². The number of sulfonamides is 1. The Morgan fingerprint density at radius 3 is 2.34 bits per heavy atom. The van der Waals surface area contributed by atoms with Gasteiger partial charge in [-0.15, -0.1) is 0 Å². The molecule has 0 bridgehead atoms. The number of carbonyl (C=O) groups is 1. The monoisotopic (exact) mass is 410 g/mol. The third-order valence-corrected chi connectivity index (χ3v) is 5.76. The van der Waals surface area contributed by atoms with Crippen LogP contribution in [0.1, 0.15) is 27.2 Å². The van der Waals surface area contributed by atoms with Crippen LogP contribution in [0.2, 0.25) is 0 Å². The van der Waals surface area contributed by atoms with Crippen molar-refractivity contribution in [2.24, 2.45) is 0 Å². The standard InChI is InChI=1S/C22H22N2O4S/c1-23-22(25)20-11-9-19(10-12-20)16-24(17-21-8-5-14-28-21)29(26,27)15-13-18-6-3-2-4-7-18/h2-15H,16-17H2,1H3,(H,23,25). The summed E-state index contributed by atoms with van der Waals surface area (Å²) in [4.78, 5) is 11.7. The van der Waals surface area contributed by atoms with Gasteiger partial charge in [-0.25, -0.2) is 8.42 Å². The van der Waals surface area contributed by atoms with Crippen LogP contribution in [0.5, 0.6) is 0 Å². The largest absolute Gasteiger partial charge is 0.468 e. The number of hydrogen-bond donors (Lipinski definition) is 1. The van der Waals surface area contributed by atoms with Crippen molar-refractivity contribution in [3.63, 3.8) is 0 Å². The lowest BCUT2D eigenvalue weighted by atomic mass is 10.1. The molecule has 3 rings (SSSR count). The van der Waals surface area contributed by atoms with Crippen molar-refractivity contribution < 1.29 is 17.6 Å². The van der Waals surface area contributed by atoms with Gasteiger partial charge in [0.25, 0.3) is 5.91 Å². The number of carbonyl (C=O) groups excluding carboxylic acids is 1. The van der Waals surface area contributed by atoms with Crippen molar-refractivity contribution in [1.29, 1.82) is 0 Å². The third-order valence-electron chi connectivity index (χ3n) is 4.31. The minimum Gasteiger partial charge on any atom is -0.468 e. The van der Waals surface area contributed by atoms with E-state index in [1.54, 1.807) is 49.5 Å². The second kappa shape index (κ2) is 9.36. The number of rotatable bonds is 8. The van der Waals surface area contributed by atoms with E-state index in [0.717, 1.165) is 11.1 Å². The fourth-order valence-corrected chi connectivity index (χ4v) is 3.87. The zero-order valence-corrected chi connectivity index (χ0v) is 16.8. The molecule has 1 heterocycles.